The first-order valence-corrected chi connectivity index (χ1v) is 11.7. The lowest BCUT2D eigenvalue weighted by Crippen LogP contribution is -2.18. The molecular weight excluding hydrogens is 454 g/mol. The van der Waals surface area contributed by atoms with Gasteiger partial charge in [-0.25, -0.2) is 4.98 Å². The molecule has 0 aliphatic carbocycles. The number of pyridine rings is 4. The van der Waals surface area contributed by atoms with E-state index in [0.717, 1.165) is 56.6 Å². The molecule has 6 rings (SSSR count). The number of nitrogens with zero attached hydrogens (tertiary/aromatic N) is 6. The molecule has 1 atom stereocenters. The third-order valence-electron chi connectivity index (χ3n) is 5.94. The Morgan fingerprint density at radius 3 is 2.75 bits per heavy atom. The van der Waals surface area contributed by atoms with Gasteiger partial charge in [-0.1, -0.05) is 19.4 Å². The van der Waals surface area contributed by atoms with Gasteiger partial charge in [-0.3, -0.25) is 25.0 Å². The predicted octanol–water partition coefficient (Wildman–Crippen LogP) is 4.55. The van der Waals surface area contributed by atoms with Crippen LogP contribution in [0.4, 0.5) is 5.69 Å². The van der Waals surface area contributed by atoms with Crippen molar-refractivity contribution in [2.45, 2.75) is 26.0 Å². The van der Waals surface area contributed by atoms with E-state index in [1.807, 2.05) is 37.3 Å². The van der Waals surface area contributed by atoms with Crippen molar-refractivity contribution < 1.29 is 5.11 Å². The number of hydrogen-bond donors (Lipinski definition) is 4. The fourth-order valence-electron chi connectivity index (χ4n) is 4.21. The summed E-state index contributed by atoms with van der Waals surface area (Å²) in [6.45, 7) is 2.03. The molecule has 1 unspecified atom stereocenters. The predicted molar refractivity (Wildman–Crippen MR) is 138 cm³/mol. The Balaban J connectivity index is 1.40. The molecule has 36 heavy (non-hydrogen) atoms. The monoisotopic (exact) mass is 477 g/mol. The average molecular weight is 478 g/mol. The molecule has 10 nitrogen and oxygen atoms in total. The molecule has 0 saturated carbocycles. The average Bonchev–Trinajstić information content (AvgIpc) is 3.53. The Kier molecular flexibility index (Phi) is 5.55. The highest BCUT2D eigenvalue weighted by Gasteiger charge is 2.17. The van der Waals surface area contributed by atoms with E-state index in [0.29, 0.717) is 17.9 Å². The van der Waals surface area contributed by atoms with E-state index < -0.39 is 6.23 Å². The SMILES string of the molecule is CCCC(O)Nc1cncc(-c2cc3c(-c4nc5c(-c6ccccn6)cncc5[nH]4)n[nH]c3cn2)c1. The molecule has 178 valence electrons. The zero-order valence-corrected chi connectivity index (χ0v) is 19.5. The van der Waals surface area contributed by atoms with E-state index in [2.05, 4.69) is 40.4 Å². The number of hydrogen-bond acceptors (Lipinski definition) is 8. The van der Waals surface area contributed by atoms with Gasteiger partial charge in [0.05, 0.1) is 46.7 Å². The van der Waals surface area contributed by atoms with Crippen molar-refractivity contribution in [3.63, 3.8) is 0 Å². The highest BCUT2D eigenvalue weighted by molar-refractivity contribution is 5.97. The van der Waals surface area contributed by atoms with Gasteiger partial charge < -0.3 is 15.4 Å². The molecule has 0 radical (unpaired) electrons. The maximum absolute atomic E-state index is 10.1. The Morgan fingerprint density at radius 1 is 0.972 bits per heavy atom. The van der Waals surface area contributed by atoms with Gasteiger partial charge in [-0.05, 0) is 30.7 Å². The Hall–Kier alpha value is -4.70. The lowest BCUT2D eigenvalue weighted by atomic mass is 10.1. The largest absolute Gasteiger partial charge is 0.374 e. The fourth-order valence-corrected chi connectivity index (χ4v) is 4.21. The second-order valence-corrected chi connectivity index (χ2v) is 8.48. The summed E-state index contributed by atoms with van der Waals surface area (Å²) in [5.74, 6) is 0.620. The number of nitrogens with one attached hydrogen (secondary N) is 3. The van der Waals surface area contributed by atoms with Crippen molar-refractivity contribution >= 4 is 27.6 Å². The van der Waals surface area contributed by atoms with Gasteiger partial charge in [0.2, 0.25) is 0 Å². The molecule has 4 N–H and O–H groups in total. The van der Waals surface area contributed by atoms with Crippen LogP contribution in [0.2, 0.25) is 0 Å². The summed E-state index contributed by atoms with van der Waals surface area (Å²) in [4.78, 5) is 25.9. The first-order chi connectivity index (χ1) is 17.7. The first-order valence-electron chi connectivity index (χ1n) is 11.7. The van der Waals surface area contributed by atoms with Crippen molar-refractivity contribution in [2.24, 2.45) is 0 Å². The third kappa shape index (κ3) is 4.03. The molecule has 0 aliphatic rings. The van der Waals surface area contributed by atoms with E-state index in [4.69, 9.17) is 4.98 Å². The van der Waals surface area contributed by atoms with Gasteiger partial charge >= 0.3 is 0 Å². The van der Waals surface area contributed by atoms with Crippen molar-refractivity contribution in [2.75, 3.05) is 5.32 Å². The van der Waals surface area contributed by atoms with Gasteiger partial charge in [0.1, 0.15) is 17.4 Å². The normalized spacial score (nSPS) is 12.3. The minimum absolute atomic E-state index is 0.620. The molecule has 0 amide bonds. The molecule has 0 saturated heterocycles. The summed E-state index contributed by atoms with van der Waals surface area (Å²) in [6.07, 6.45) is 11.4. The number of rotatable bonds is 7. The molecule has 10 heteroatoms. The van der Waals surface area contributed by atoms with Crippen LogP contribution >= 0.6 is 0 Å². The summed E-state index contributed by atoms with van der Waals surface area (Å²) in [5.41, 5.74) is 6.98. The molecule has 6 heterocycles. The minimum atomic E-state index is -0.624. The molecule has 6 aromatic heterocycles. The number of aromatic nitrogens is 8. The maximum atomic E-state index is 10.1. The van der Waals surface area contributed by atoms with Crippen molar-refractivity contribution in [3.8, 4) is 34.0 Å². The molecule has 0 aromatic carbocycles. The third-order valence-corrected chi connectivity index (χ3v) is 5.94. The minimum Gasteiger partial charge on any atom is -0.374 e. The van der Waals surface area contributed by atoms with Gasteiger partial charge in [0.15, 0.2) is 5.82 Å². The summed E-state index contributed by atoms with van der Waals surface area (Å²) >= 11 is 0. The zero-order chi connectivity index (χ0) is 24.5. The van der Waals surface area contributed by atoms with E-state index >= 15 is 0 Å². The topological polar surface area (TPSA) is 141 Å². The zero-order valence-electron chi connectivity index (χ0n) is 19.5. The number of imidazole rings is 1. The summed E-state index contributed by atoms with van der Waals surface area (Å²) in [6, 6.07) is 9.64. The van der Waals surface area contributed by atoms with Crippen molar-refractivity contribution in [1.82, 2.24) is 40.1 Å². The highest BCUT2D eigenvalue weighted by Crippen LogP contribution is 2.31. The maximum Gasteiger partial charge on any atom is 0.159 e. The van der Waals surface area contributed by atoms with Gasteiger partial charge in [0.25, 0.3) is 0 Å². The van der Waals surface area contributed by atoms with Crippen molar-refractivity contribution in [3.05, 3.63) is 67.5 Å². The fraction of sp³-hybridized carbons (Fsp3) is 0.154. The Morgan fingerprint density at radius 2 is 1.89 bits per heavy atom. The Bertz CT molecular complexity index is 1660. The number of aromatic amines is 2. The molecule has 0 fully saturated rings. The van der Waals surface area contributed by atoms with E-state index in [1.165, 1.54) is 0 Å². The van der Waals surface area contributed by atoms with Crippen LogP contribution in [0.3, 0.4) is 0 Å². The van der Waals surface area contributed by atoms with Crippen LogP contribution in [0.5, 0.6) is 0 Å². The standard InChI is InChI=1S/C26H23N9O/c1-2-5-23(36)31-16-8-15(10-27-11-16)20-9-17-21(14-30-20)34-35-25(17)26-32-22-13-28-12-18(24(22)33-26)19-6-3-4-7-29-19/h3-4,6-14,23,31,36H,2,5H2,1H3,(H,32,33)(H,34,35). The molecule has 0 bridgehead atoms. The van der Waals surface area contributed by atoms with Gasteiger partial charge in [-0.2, -0.15) is 5.10 Å². The smallest absolute Gasteiger partial charge is 0.159 e. The number of fused-ring (bicyclic) bond motifs is 2. The molecular formula is C26H23N9O. The molecule has 0 aliphatic heterocycles. The van der Waals surface area contributed by atoms with Crippen LogP contribution in [-0.4, -0.2) is 51.4 Å². The number of aliphatic hydroxyl groups excluding tert-OH is 1. The van der Waals surface area contributed by atoms with Crippen molar-refractivity contribution in [1.29, 1.82) is 0 Å². The highest BCUT2D eigenvalue weighted by atomic mass is 16.3. The second kappa shape index (κ2) is 9.16. The second-order valence-electron chi connectivity index (χ2n) is 8.48. The number of aliphatic hydroxyl groups is 1. The van der Waals surface area contributed by atoms with Crippen LogP contribution in [0.1, 0.15) is 19.8 Å². The van der Waals surface area contributed by atoms with E-state index in [9.17, 15) is 5.11 Å². The molecule has 0 spiro atoms. The van der Waals surface area contributed by atoms with Crippen LogP contribution in [0.15, 0.2) is 67.5 Å². The van der Waals surface area contributed by atoms with Crippen LogP contribution in [0, 0.1) is 0 Å². The quantitative estimate of drug-likeness (QED) is 0.245. The first kappa shape index (κ1) is 21.8. The number of H-pyrrole nitrogens is 2. The summed E-state index contributed by atoms with van der Waals surface area (Å²) in [7, 11) is 0. The molecule has 6 aromatic rings. The van der Waals surface area contributed by atoms with Gasteiger partial charge in [0, 0.05) is 35.1 Å². The number of anilines is 1. The van der Waals surface area contributed by atoms with Crippen LogP contribution in [-0.2, 0) is 0 Å². The lowest BCUT2D eigenvalue weighted by Gasteiger charge is -2.13. The van der Waals surface area contributed by atoms with E-state index in [1.54, 1.807) is 37.2 Å². The van der Waals surface area contributed by atoms with Crippen LogP contribution in [0.25, 0.3) is 56.0 Å². The van der Waals surface area contributed by atoms with E-state index in [-0.39, 0.29) is 0 Å². The van der Waals surface area contributed by atoms with Gasteiger partial charge in [-0.15, -0.1) is 0 Å². The van der Waals surface area contributed by atoms with Crippen LogP contribution < -0.4 is 5.32 Å². The Labute approximate surface area is 205 Å². The lowest BCUT2D eigenvalue weighted by molar-refractivity contribution is 0.192. The summed E-state index contributed by atoms with van der Waals surface area (Å²) < 4.78 is 0. The summed E-state index contributed by atoms with van der Waals surface area (Å²) in [5, 5.41) is 21.6.